The lowest BCUT2D eigenvalue weighted by Gasteiger charge is -2.25. The van der Waals surface area contributed by atoms with Gasteiger partial charge in [0.1, 0.15) is 16.2 Å². The number of hydrogen-bond acceptors (Lipinski definition) is 7. The van der Waals surface area contributed by atoms with Crippen LogP contribution < -0.4 is 0 Å². The Bertz CT molecular complexity index is 930. The maximum Gasteiger partial charge on any atom is 0.316 e. The molecule has 140 valence electrons. The second-order valence-corrected chi connectivity index (χ2v) is 7.72. The van der Waals surface area contributed by atoms with E-state index in [0.29, 0.717) is 0 Å². The van der Waals surface area contributed by atoms with Gasteiger partial charge in [-0.1, -0.05) is 42.1 Å². The first-order chi connectivity index (χ1) is 13.1. The summed E-state index contributed by atoms with van der Waals surface area (Å²) in [4.78, 5) is 35.1. The van der Waals surface area contributed by atoms with Crippen LogP contribution in [0.15, 0.2) is 53.1 Å². The number of ether oxygens (including phenoxy) is 1. The molecule has 0 N–H and O–H groups in total. The number of thiophene rings is 1. The molecule has 1 aromatic carbocycles. The van der Waals surface area contributed by atoms with E-state index in [1.807, 2.05) is 48.7 Å². The standard InChI is InChI=1S/C19H19N3O3S2/c1-13(14-6-4-3-5-7-14)22(2)16(23)10-25-17(24)11-27-19-15-8-9-26-18(15)20-12-21-19/h3-9,12-13H,10-11H2,1-2H3/t13-/m0/s1. The number of carbonyl (C=O) groups is 2. The summed E-state index contributed by atoms with van der Waals surface area (Å²) in [5, 5.41) is 3.59. The van der Waals surface area contributed by atoms with Crippen LogP contribution in [0.3, 0.4) is 0 Å². The summed E-state index contributed by atoms with van der Waals surface area (Å²) in [7, 11) is 1.71. The quantitative estimate of drug-likeness (QED) is 0.342. The lowest BCUT2D eigenvalue weighted by atomic mass is 10.1. The number of thioether (sulfide) groups is 1. The Hall–Kier alpha value is -2.45. The summed E-state index contributed by atoms with van der Waals surface area (Å²) < 4.78 is 5.13. The zero-order chi connectivity index (χ0) is 19.2. The van der Waals surface area contributed by atoms with Crippen molar-refractivity contribution in [3.63, 3.8) is 0 Å². The second kappa shape index (κ2) is 8.96. The second-order valence-electron chi connectivity index (χ2n) is 5.86. The smallest absolute Gasteiger partial charge is 0.316 e. The Morgan fingerprint density at radius 2 is 2.00 bits per heavy atom. The molecule has 0 aliphatic rings. The number of likely N-dealkylation sites (N-methyl/N-ethyl adjacent to an activating group) is 1. The third-order valence-electron chi connectivity index (χ3n) is 4.16. The lowest BCUT2D eigenvalue weighted by Crippen LogP contribution is -2.33. The van der Waals surface area contributed by atoms with Crippen LogP contribution in [0.1, 0.15) is 18.5 Å². The van der Waals surface area contributed by atoms with Crippen molar-refractivity contribution in [1.29, 1.82) is 0 Å². The van der Waals surface area contributed by atoms with E-state index in [2.05, 4.69) is 9.97 Å². The molecule has 6 nitrogen and oxygen atoms in total. The Morgan fingerprint density at radius 1 is 1.22 bits per heavy atom. The third-order valence-corrected chi connectivity index (χ3v) is 5.96. The van der Waals surface area contributed by atoms with Gasteiger partial charge < -0.3 is 9.64 Å². The van der Waals surface area contributed by atoms with Crippen LogP contribution in [-0.2, 0) is 14.3 Å². The minimum Gasteiger partial charge on any atom is -0.455 e. The zero-order valence-electron chi connectivity index (χ0n) is 15.0. The number of benzene rings is 1. The van der Waals surface area contributed by atoms with Crippen molar-refractivity contribution in [1.82, 2.24) is 14.9 Å². The molecule has 0 aliphatic heterocycles. The molecule has 0 bridgehead atoms. The van der Waals surface area contributed by atoms with Gasteiger partial charge in [0, 0.05) is 12.4 Å². The molecule has 0 fully saturated rings. The van der Waals surface area contributed by atoms with Crippen LogP contribution in [0.5, 0.6) is 0 Å². The Morgan fingerprint density at radius 3 is 2.78 bits per heavy atom. The van der Waals surface area contributed by atoms with Gasteiger partial charge in [0.05, 0.1) is 11.8 Å². The van der Waals surface area contributed by atoms with E-state index in [9.17, 15) is 9.59 Å². The number of carbonyl (C=O) groups excluding carboxylic acids is 2. The summed E-state index contributed by atoms with van der Waals surface area (Å²) in [5.41, 5.74) is 1.03. The van der Waals surface area contributed by atoms with E-state index in [0.717, 1.165) is 20.8 Å². The molecule has 1 amide bonds. The van der Waals surface area contributed by atoms with Crippen LogP contribution in [0.25, 0.3) is 10.2 Å². The average Bonchev–Trinajstić information content (AvgIpc) is 3.19. The van der Waals surface area contributed by atoms with E-state index in [1.54, 1.807) is 11.9 Å². The Kier molecular flexibility index (Phi) is 6.41. The molecule has 2 aromatic heterocycles. The van der Waals surface area contributed by atoms with Crippen molar-refractivity contribution in [2.45, 2.75) is 18.0 Å². The van der Waals surface area contributed by atoms with Gasteiger partial charge in [-0.3, -0.25) is 9.59 Å². The molecular formula is C19H19N3O3S2. The van der Waals surface area contributed by atoms with Gasteiger partial charge in [-0.25, -0.2) is 9.97 Å². The number of nitrogens with zero attached hydrogens (tertiary/aromatic N) is 3. The summed E-state index contributed by atoms with van der Waals surface area (Å²) in [6, 6.07) is 11.5. The fourth-order valence-corrected chi connectivity index (χ4v) is 4.04. The molecule has 3 aromatic rings. The van der Waals surface area contributed by atoms with Gasteiger partial charge in [-0.15, -0.1) is 11.3 Å². The normalized spacial score (nSPS) is 11.9. The maximum absolute atomic E-state index is 12.3. The SMILES string of the molecule is C[C@@H](c1ccccc1)N(C)C(=O)COC(=O)CSc1ncnc2sccc12. The number of rotatable bonds is 7. The van der Waals surface area contributed by atoms with Gasteiger partial charge in [0.15, 0.2) is 6.61 Å². The van der Waals surface area contributed by atoms with Gasteiger partial charge in [0.25, 0.3) is 5.91 Å². The number of fused-ring (bicyclic) bond motifs is 1. The monoisotopic (exact) mass is 401 g/mol. The highest BCUT2D eigenvalue weighted by Gasteiger charge is 2.19. The minimum absolute atomic E-state index is 0.0905. The highest BCUT2D eigenvalue weighted by molar-refractivity contribution is 8.00. The molecule has 0 saturated carbocycles. The van der Waals surface area contributed by atoms with Crippen LogP contribution in [0.4, 0.5) is 0 Å². The van der Waals surface area contributed by atoms with Gasteiger partial charge in [0.2, 0.25) is 0 Å². The van der Waals surface area contributed by atoms with Gasteiger partial charge in [-0.2, -0.15) is 0 Å². The fraction of sp³-hybridized carbons (Fsp3) is 0.263. The largest absolute Gasteiger partial charge is 0.455 e. The molecule has 1 atom stereocenters. The van der Waals surface area contributed by atoms with E-state index in [-0.39, 0.29) is 24.3 Å². The lowest BCUT2D eigenvalue weighted by molar-refractivity contribution is -0.150. The predicted molar refractivity (Wildman–Crippen MR) is 107 cm³/mol. The number of esters is 1. The summed E-state index contributed by atoms with van der Waals surface area (Å²) in [6.45, 7) is 1.66. The molecule has 27 heavy (non-hydrogen) atoms. The molecule has 0 aliphatic carbocycles. The van der Waals surface area contributed by atoms with Crippen molar-refractivity contribution in [3.05, 3.63) is 53.7 Å². The molecule has 2 heterocycles. The number of aromatic nitrogens is 2. The van der Waals surface area contributed by atoms with Crippen molar-refractivity contribution >= 4 is 45.2 Å². The van der Waals surface area contributed by atoms with Crippen molar-refractivity contribution in [2.75, 3.05) is 19.4 Å². The Labute approximate surface area is 165 Å². The van der Waals surface area contributed by atoms with E-state index >= 15 is 0 Å². The molecule has 3 rings (SSSR count). The molecule has 8 heteroatoms. The van der Waals surface area contributed by atoms with E-state index in [4.69, 9.17) is 4.74 Å². The minimum atomic E-state index is -0.448. The van der Waals surface area contributed by atoms with Crippen molar-refractivity contribution < 1.29 is 14.3 Å². The van der Waals surface area contributed by atoms with E-state index < -0.39 is 5.97 Å². The predicted octanol–water partition coefficient (Wildman–Crippen LogP) is 3.55. The van der Waals surface area contributed by atoms with Crippen LogP contribution >= 0.6 is 23.1 Å². The fourth-order valence-electron chi connectivity index (χ4n) is 2.47. The molecule has 0 radical (unpaired) electrons. The van der Waals surface area contributed by atoms with Crippen LogP contribution in [0.2, 0.25) is 0 Å². The van der Waals surface area contributed by atoms with Crippen molar-refractivity contribution in [2.24, 2.45) is 0 Å². The third kappa shape index (κ3) is 4.84. The van der Waals surface area contributed by atoms with Gasteiger partial charge >= 0.3 is 5.97 Å². The number of hydrogen-bond donors (Lipinski definition) is 0. The van der Waals surface area contributed by atoms with Crippen LogP contribution in [-0.4, -0.2) is 46.2 Å². The molecule has 0 spiro atoms. The first kappa shape index (κ1) is 19.3. The van der Waals surface area contributed by atoms with Gasteiger partial charge in [-0.05, 0) is 23.9 Å². The zero-order valence-corrected chi connectivity index (χ0v) is 16.6. The summed E-state index contributed by atoms with van der Waals surface area (Å²) >= 11 is 2.81. The van der Waals surface area contributed by atoms with Crippen LogP contribution in [0, 0.1) is 0 Å². The molecular weight excluding hydrogens is 382 g/mol. The number of amides is 1. The highest BCUT2D eigenvalue weighted by Crippen LogP contribution is 2.27. The molecule has 0 saturated heterocycles. The van der Waals surface area contributed by atoms with E-state index in [1.165, 1.54) is 29.4 Å². The van der Waals surface area contributed by atoms with Crippen molar-refractivity contribution in [3.8, 4) is 0 Å². The first-order valence-electron chi connectivity index (χ1n) is 8.33. The summed E-state index contributed by atoms with van der Waals surface area (Å²) in [6.07, 6.45) is 1.48. The molecule has 0 unspecified atom stereocenters. The first-order valence-corrected chi connectivity index (χ1v) is 10.2. The Balaban J connectivity index is 1.48. The summed E-state index contributed by atoms with van der Waals surface area (Å²) in [5.74, 6) is -0.601. The highest BCUT2D eigenvalue weighted by atomic mass is 32.2. The maximum atomic E-state index is 12.3. The topological polar surface area (TPSA) is 72.4 Å². The average molecular weight is 402 g/mol.